The maximum Gasteiger partial charge on any atom is -0.0287 e. The Morgan fingerprint density at radius 1 is 1.00 bits per heavy atom. The van der Waals surface area contributed by atoms with Gasteiger partial charge in [0.05, 0.1) is 0 Å². The minimum atomic E-state index is 0.573. The Hall–Kier alpha value is 1.21. The summed E-state index contributed by atoms with van der Waals surface area (Å²) in [6, 6.07) is 0. The highest BCUT2D eigenvalue weighted by molar-refractivity contribution is 8.42. The molecule has 0 aliphatic heterocycles. The van der Waals surface area contributed by atoms with Crippen molar-refractivity contribution in [2.75, 3.05) is 0 Å². The predicted octanol–water partition coefficient (Wildman–Crippen LogP) is 0.599. The molecule has 0 spiro atoms. The zero-order chi connectivity index (χ0) is 4.12. The molecule has 0 saturated heterocycles. The molecule has 0 bridgehead atoms. The number of nitrogens with two attached hydrogens (primary N) is 2. The lowest BCUT2D eigenvalue weighted by Gasteiger charge is -1.82. The molecule has 0 aromatic carbocycles. The van der Waals surface area contributed by atoms with Crippen LogP contribution >= 0.6 is 24.8 Å². The van der Waals surface area contributed by atoms with Crippen molar-refractivity contribution in [3.05, 3.63) is 0 Å². The number of rotatable bonds is 2. The van der Waals surface area contributed by atoms with E-state index in [0.29, 0.717) is 16.8 Å². The topological polar surface area (TPSA) is 52.0 Å². The van der Waals surface area contributed by atoms with Gasteiger partial charge >= 0.3 is 0 Å². The summed E-state index contributed by atoms with van der Waals surface area (Å²) in [5, 5.41) is 0. The molecule has 0 amide bonds. The van der Waals surface area contributed by atoms with Gasteiger partial charge in [0.2, 0.25) is 0 Å². The molecule has 0 fully saturated rings. The lowest BCUT2D eigenvalue weighted by molar-refractivity contribution is 2.04. The van der Waals surface area contributed by atoms with E-state index in [1.807, 2.05) is 0 Å². The molecule has 5 heavy (non-hydrogen) atoms. The Morgan fingerprint density at radius 2 is 1.40 bits per heavy atom. The summed E-state index contributed by atoms with van der Waals surface area (Å²) in [6.45, 7) is 0. The molecule has 0 aliphatic rings. The second-order valence-electron chi connectivity index (χ2n) is 0.414. The van der Waals surface area contributed by atoms with Crippen LogP contribution in [0.3, 0.4) is 0 Å². The third-order valence-electron chi connectivity index (χ3n) is 0.144. The van der Waals surface area contributed by atoms with E-state index in [1.165, 1.54) is 0 Å². The summed E-state index contributed by atoms with van der Waals surface area (Å²) in [4.78, 5) is 0. The van der Waals surface area contributed by atoms with Gasteiger partial charge in [-0.3, -0.25) is 0 Å². The van der Waals surface area contributed by atoms with Crippen LogP contribution in [0, 0.1) is 0 Å². The molecule has 2 atom stereocenters. The van der Waals surface area contributed by atoms with Crippen LogP contribution in [-0.2, 0) is 0 Å². The fourth-order valence-electron chi connectivity index (χ4n) is 0.0417. The van der Waals surface area contributed by atoms with Gasteiger partial charge in [0.1, 0.15) is 0 Å². The van der Waals surface area contributed by atoms with Crippen molar-refractivity contribution in [2.45, 2.75) is 0 Å². The Balaban J connectivity index is 2.19. The van der Waals surface area contributed by atoms with Crippen LogP contribution in [0.5, 0.6) is 0 Å². The van der Waals surface area contributed by atoms with E-state index in [1.54, 1.807) is 0 Å². The molecule has 0 heterocycles. The lowest BCUT2D eigenvalue weighted by atomic mass is 13.9. The fraction of sp³-hybridized carbons (Fsp3) is 0. The average molecular weight is 128 g/mol. The van der Waals surface area contributed by atoms with Crippen molar-refractivity contribution in [3.8, 4) is 0 Å². The monoisotopic (exact) mass is 128 g/mol. The second kappa shape index (κ2) is 5.21. The van der Waals surface area contributed by atoms with Gasteiger partial charge in [-0.05, 0) is 24.8 Å². The smallest absolute Gasteiger partial charge is 0.0287 e. The van der Waals surface area contributed by atoms with Crippen LogP contribution in [-0.4, -0.2) is 0 Å². The van der Waals surface area contributed by atoms with Gasteiger partial charge in [0, 0.05) is 0 Å². The van der Waals surface area contributed by atoms with Crippen LogP contribution < -0.4 is 11.0 Å². The molecule has 2 unspecified atom stereocenters. The molecule has 0 aromatic rings. The maximum atomic E-state index is 5.11. The number of hydrogen-bond acceptors (Lipinski definition) is 2. The summed E-state index contributed by atoms with van der Waals surface area (Å²) < 4.78 is 0. The Morgan fingerprint density at radius 3 is 1.40 bits per heavy atom. The average Bonchev–Trinajstić information content (AvgIpc) is 1.41. The summed E-state index contributed by atoms with van der Waals surface area (Å²) in [5.74, 6) is 0. The molecule has 2 nitrogen and oxygen atoms in total. The first-order valence-electron chi connectivity index (χ1n) is 1.08. The summed E-state index contributed by atoms with van der Waals surface area (Å²) >= 11 is 0. The highest BCUT2D eigenvalue weighted by Crippen LogP contribution is 2.43. The van der Waals surface area contributed by atoms with Crippen LogP contribution in [0.15, 0.2) is 0 Å². The summed E-state index contributed by atoms with van der Waals surface area (Å²) in [7, 11) is 1.95. The Kier molecular flexibility index (Phi) is 6.47. The SMILES string of the molecule is NPPPN. The van der Waals surface area contributed by atoms with E-state index >= 15 is 0 Å². The van der Waals surface area contributed by atoms with E-state index in [0.717, 1.165) is 7.96 Å². The predicted molar refractivity (Wildman–Crippen MR) is 33.3 cm³/mol. The molecule has 32 valence electrons. The first kappa shape index (κ1) is 6.21. The minimum absolute atomic E-state index is 0.573. The largest absolute Gasteiger partial charge is 0.309 e. The van der Waals surface area contributed by atoms with E-state index in [-0.39, 0.29) is 0 Å². The molecule has 0 rings (SSSR count). The zero-order valence-corrected chi connectivity index (χ0v) is 5.65. The van der Waals surface area contributed by atoms with E-state index in [4.69, 9.17) is 11.0 Å². The highest BCUT2D eigenvalue weighted by Gasteiger charge is 1.66. The first-order valence-corrected chi connectivity index (χ1v) is 6.23. The van der Waals surface area contributed by atoms with Crippen molar-refractivity contribution in [2.24, 2.45) is 11.0 Å². The molecule has 4 N–H and O–H groups in total. The molecular formula is H7N2P3. The van der Waals surface area contributed by atoms with Gasteiger partial charge in [-0.1, -0.05) is 0 Å². The molecule has 0 saturated carbocycles. The Bertz CT molecular complexity index is 12.4. The molecule has 0 radical (unpaired) electrons. The van der Waals surface area contributed by atoms with Crippen molar-refractivity contribution in [3.63, 3.8) is 0 Å². The van der Waals surface area contributed by atoms with Crippen molar-refractivity contribution < 1.29 is 0 Å². The van der Waals surface area contributed by atoms with Crippen LogP contribution in [0.2, 0.25) is 0 Å². The zero-order valence-electron chi connectivity index (χ0n) is 2.65. The van der Waals surface area contributed by atoms with Gasteiger partial charge in [0.25, 0.3) is 0 Å². The van der Waals surface area contributed by atoms with Gasteiger partial charge in [-0.15, -0.1) is 0 Å². The normalized spacial score (nSPS) is 15.6. The standard InChI is InChI=1S/H7N2P3/c1-3-5-4-2/h3-5H,1-2H2. The molecule has 0 aliphatic carbocycles. The molecule has 5 heteroatoms. The van der Waals surface area contributed by atoms with Crippen LogP contribution in [0.25, 0.3) is 0 Å². The third-order valence-corrected chi connectivity index (χ3v) is 3.90. The van der Waals surface area contributed by atoms with Gasteiger partial charge in [-0.25, -0.2) is 0 Å². The molecular weight excluding hydrogens is 121 g/mol. The summed E-state index contributed by atoms with van der Waals surface area (Å²) in [5.41, 5.74) is 10.2. The van der Waals surface area contributed by atoms with E-state index in [9.17, 15) is 0 Å². The van der Waals surface area contributed by atoms with Crippen molar-refractivity contribution >= 4 is 24.8 Å². The van der Waals surface area contributed by atoms with Gasteiger partial charge in [0.15, 0.2) is 0 Å². The van der Waals surface area contributed by atoms with Crippen LogP contribution in [0.4, 0.5) is 0 Å². The quantitative estimate of drug-likeness (QED) is 0.535. The lowest BCUT2D eigenvalue weighted by Crippen LogP contribution is -1.62. The van der Waals surface area contributed by atoms with Gasteiger partial charge in [-0.2, -0.15) is 0 Å². The van der Waals surface area contributed by atoms with E-state index in [2.05, 4.69) is 0 Å². The second-order valence-corrected chi connectivity index (χ2v) is 5.97. The highest BCUT2D eigenvalue weighted by atomic mass is 32.4. The van der Waals surface area contributed by atoms with E-state index < -0.39 is 0 Å². The fourth-order valence-corrected chi connectivity index (χ4v) is 1.13. The number of hydrogen-bond donors (Lipinski definition) is 2. The van der Waals surface area contributed by atoms with Gasteiger partial charge < -0.3 is 11.0 Å². The van der Waals surface area contributed by atoms with Crippen molar-refractivity contribution in [1.82, 2.24) is 0 Å². The first-order chi connectivity index (χ1) is 2.41. The van der Waals surface area contributed by atoms with Crippen LogP contribution in [0.1, 0.15) is 0 Å². The Labute approximate surface area is 36.7 Å². The summed E-state index contributed by atoms with van der Waals surface area (Å²) in [6.07, 6.45) is 0. The minimum Gasteiger partial charge on any atom is -0.309 e. The maximum absolute atomic E-state index is 5.11. The van der Waals surface area contributed by atoms with Crippen molar-refractivity contribution in [1.29, 1.82) is 0 Å². The third kappa shape index (κ3) is 5.21. The molecule has 0 aromatic heterocycles.